The number of carbonyl (C=O) groups is 1. The Bertz CT molecular complexity index is 1380. The number of carbonyl (C=O) groups excluding carboxylic acids is 1. The van der Waals surface area contributed by atoms with Gasteiger partial charge in [-0.1, -0.05) is 6.07 Å². The highest BCUT2D eigenvalue weighted by Crippen LogP contribution is 2.40. The summed E-state index contributed by atoms with van der Waals surface area (Å²) in [4.78, 5) is 21.6. The Morgan fingerprint density at radius 3 is 2.51 bits per heavy atom. The first-order chi connectivity index (χ1) is 18.7. The number of rotatable bonds is 6. The predicted octanol–water partition coefficient (Wildman–Crippen LogP) is 6.07. The van der Waals surface area contributed by atoms with Gasteiger partial charge in [-0.2, -0.15) is 0 Å². The van der Waals surface area contributed by atoms with Gasteiger partial charge >= 0.3 is 0 Å². The molecule has 1 fully saturated rings. The molecule has 5 rings (SSSR count). The van der Waals surface area contributed by atoms with Crippen LogP contribution in [0.15, 0.2) is 36.5 Å². The topological polar surface area (TPSA) is 79.4 Å². The van der Waals surface area contributed by atoms with E-state index in [2.05, 4.69) is 20.6 Å². The number of anilines is 3. The minimum absolute atomic E-state index is 0.0467. The second kappa shape index (κ2) is 11.1. The van der Waals surface area contributed by atoms with Crippen molar-refractivity contribution < 1.29 is 22.7 Å². The van der Waals surface area contributed by atoms with Gasteiger partial charge in [-0.05, 0) is 75.3 Å². The molecule has 39 heavy (non-hydrogen) atoms. The fourth-order valence-corrected chi connectivity index (χ4v) is 5.51. The summed E-state index contributed by atoms with van der Waals surface area (Å²) >= 11 is 0. The summed E-state index contributed by atoms with van der Waals surface area (Å²) in [6.07, 6.45) is 4.20. The normalized spacial score (nSPS) is 18.9. The van der Waals surface area contributed by atoms with E-state index < -0.39 is 11.6 Å². The molecule has 1 aromatic heterocycles. The Hall–Kier alpha value is -3.82. The average Bonchev–Trinajstić information content (AvgIpc) is 2.90. The molecule has 2 aliphatic rings. The van der Waals surface area contributed by atoms with Gasteiger partial charge < -0.3 is 20.3 Å². The van der Waals surface area contributed by atoms with Crippen LogP contribution in [-0.2, 0) is 4.79 Å². The summed E-state index contributed by atoms with van der Waals surface area (Å²) in [5.41, 5.74) is 1.77. The number of hydrogen-bond donors (Lipinski definition) is 2. The van der Waals surface area contributed by atoms with Crippen LogP contribution in [0.1, 0.15) is 57.9 Å². The molecule has 0 unspecified atom stereocenters. The zero-order chi connectivity index (χ0) is 27.7. The van der Waals surface area contributed by atoms with Crippen molar-refractivity contribution in [2.45, 2.75) is 64.5 Å². The van der Waals surface area contributed by atoms with Crippen molar-refractivity contribution in [3.8, 4) is 17.0 Å². The standard InChI is InChI=1S/C29H32F3N5O2/c1-16(2)37-10-11-39-28-24(31)12-19(13-26(28)37)27-25(32)15-33-29(36-27)35-21-8-9-22(23(30)14-21)18-4-6-20(7-5-18)34-17(3)38/h8-9,12-16,18,20H,4-7,10-11H2,1-3H3,(H,34,38)(H,33,35,36). The van der Waals surface area contributed by atoms with Crippen molar-refractivity contribution in [2.75, 3.05) is 23.4 Å². The second-order valence-corrected chi connectivity index (χ2v) is 10.4. The van der Waals surface area contributed by atoms with E-state index in [-0.39, 0.29) is 52.7 Å². The van der Waals surface area contributed by atoms with Gasteiger partial charge in [0.05, 0.1) is 18.4 Å². The molecule has 7 nitrogen and oxygen atoms in total. The maximum absolute atomic E-state index is 15.1. The third-order valence-corrected chi connectivity index (χ3v) is 7.38. The number of aromatic nitrogens is 2. The molecular weight excluding hydrogens is 507 g/mol. The molecule has 0 atom stereocenters. The molecule has 1 amide bonds. The summed E-state index contributed by atoms with van der Waals surface area (Å²) in [7, 11) is 0. The summed E-state index contributed by atoms with van der Waals surface area (Å²) in [5, 5.41) is 5.88. The van der Waals surface area contributed by atoms with E-state index >= 15 is 4.39 Å². The highest BCUT2D eigenvalue weighted by molar-refractivity contribution is 5.74. The summed E-state index contributed by atoms with van der Waals surface area (Å²) < 4.78 is 50.4. The van der Waals surface area contributed by atoms with Gasteiger partial charge in [0, 0.05) is 30.3 Å². The van der Waals surface area contributed by atoms with E-state index in [0.717, 1.165) is 31.9 Å². The number of benzene rings is 2. The molecule has 1 saturated carbocycles. The molecule has 1 aliphatic heterocycles. The number of ether oxygens (including phenoxy) is 1. The van der Waals surface area contributed by atoms with Gasteiger partial charge in [0.15, 0.2) is 17.4 Å². The lowest BCUT2D eigenvalue weighted by Gasteiger charge is -2.34. The molecular formula is C29H32F3N5O2. The van der Waals surface area contributed by atoms with Gasteiger partial charge in [-0.3, -0.25) is 4.79 Å². The molecule has 0 radical (unpaired) electrons. The van der Waals surface area contributed by atoms with E-state index in [1.54, 1.807) is 18.2 Å². The largest absolute Gasteiger partial charge is 0.486 e. The van der Waals surface area contributed by atoms with Gasteiger partial charge in [-0.15, -0.1) is 0 Å². The molecule has 2 N–H and O–H groups in total. The molecule has 1 aliphatic carbocycles. The van der Waals surface area contributed by atoms with Crippen LogP contribution in [0.3, 0.4) is 0 Å². The van der Waals surface area contributed by atoms with Crippen LogP contribution in [0, 0.1) is 17.5 Å². The molecule has 10 heteroatoms. The molecule has 3 aromatic rings. The van der Waals surface area contributed by atoms with Crippen LogP contribution in [0.4, 0.5) is 30.5 Å². The minimum Gasteiger partial charge on any atom is -0.486 e. The molecule has 2 aromatic carbocycles. The zero-order valence-electron chi connectivity index (χ0n) is 22.2. The second-order valence-electron chi connectivity index (χ2n) is 10.4. The maximum atomic E-state index is 15.1. The lowest BCUT2D eigenvalue weighted by atomic mass is 9.81. The molecule has 206 valence electrons. The first kappa shape index (κ1) is 26.8. The molecule has 0 saturated heterocycles. The molecule has 0 spiro atoms. The predicted molar refractivity (Wildman–Crippen MR) is 144 cm³/mol. The smallest absolute Gasteiger partial charge is 0.227 e. The number of amides is 1. The highest BCUT2D eigenvalue weighted by atomic mass is 19.1. The lowest BCUT2D eigenvalue weighted by Crippen LogP contribution is -2.38. The van der Waals surface area contributed by atoms with Crippen molar-refractivity contribution in [1.82, 2.24) is 15.3 Å². The summed E-state index contributed by atoms with van der Waals surface area (Å²) in [6.45, 7) is 6.45. The molecule has 0 bridgehead atoms. The highest BCUT2D eigenvalue weighted by Gasteiger charge is 2.27. The Morgan fingerprint density at radius 1 is 1.05 bits per heavy atom. The van der Waals surface area contributed by atoms with Crippen LogP contribution in [0.5, 0.6) is 5.75 Å². The SMILES string of the molecule is CC(=O)NC1CCC(c2ccc(Nc3ncc(F)c(-c4cc(F)c5c(c4)N(C(C)C)CCO5)n3)cc2F)CC1. The minimum atomic E-state index is -0.705. The fourth-order valence-electron chi connectivity index (χ4n) is 5.51. The molecule has 2 heterocycles. The first-order valence-electron chi connectivity index (χ1n) is 13.3. The lowest BCUT2D eigenvalue weighted by molar-refractivity contribution is -0.119. The van der Waals surface area contributed by atoms with E-state index in [1.807, 2.05) is 18.7 Å². The van der Waals surface area contributed by atoms with Crippen LogP contribution >= 0.6 is 0 Å². The van der Waals surface area contributed by atoms with Crippen LogP contribution in [-0.4, -0.2) is 41.1 Å². The van der Waals surface area contributed by atoms with E-state index in [9.17, 15) is 13.6 Å². The Kier molecular flexibility index (Phi) is 7.63. The van der Waals surface area contributed by atoms with E-state index in [0.29, 0.717) is 30.1 Å². The van der Waals surface area contributed by atoms with Crippen LogP contribution in [0.2, 0.25) is 0 Å². The number of nitrogens with zero attached hydrogens (tertiary/aromatic N) is 3. The van der Waals surface area contributed by atoms with Crippen molar-refractivity contribution in [3.05, 3.63) is 59.5 Å². The summed E-state index contributed by atoms with van der Waals surface area (Å²) in [6, 6.07) is 7.95. The Morgan fingerprint density at radius 2 is 1.82 bits per heavy atom. The number of nitrogens with one attached hydrogen (secondary N) is 2. The van der Waals surface area contributed by atoms with Crippen LogP contribution in [0.25, 0.3) is 11.3 Å². The number of fused-ring (bicyclic) bond motifs is 1. The van der Waals surface area contributed by atoms with Crippen molar-refractivity contribution >= 4 is 23.2 Å². The van der Waals surface area contributed by atoms with Gasteiger partial charge in [0.2, 0.25) is 11.9 Å². The zero-order valence-corrected chi connectivity index (χ0v) is 22.2. The van der Waals surface area contributed by atoms with Gasteiger partial charge in [0.1, 0.15) is 18.1 Å². The van der Waals surface area contributed by atoms with Gasteiger partial charge in [0.25, 0.3) is 0 Å². The van der Waals surface area contributed by atoms with Crippen molar-refractivity contribution in [2.24, 2.45) is 0 Å². The monoisotopic (exact) mass is 539 g/mol. The van der Waals surface area contributed by atoms with E-state index in [1.165, 1.54) is 19.1 Å². The quantitative estimate of drug-likeness (QED) is 0.396. The first-order valence-corrected chi connectivity index (χ1v) is 13.3. The van der Waals surface area contributed by atoms with E-state index in [4.69, 9.17) is 4.74 Å². The third-order valence-electron chi connectivity index (χ3n) is 7.38. The van der Waals surface area contributed by atoms with Crippen molar-refractivity contribution in [1.29, 1.82) is 0 Å². The van der Waals surface area contributed by atoms with Crippen molar-refractivity contribution in [3.63, 3.8) is 0 Å². The number of halogens is 3. The number of hydrogen-bond acceptors (Lipinski definition) is 6. The Balaban J connectivity index is 1.35. The summed E-state index contributed by atoms with van der Waals surface area (Å²) in [5.74, 6) is -1.42. The fraction of sp³-hybridized carbons (Fsp3) is 0.414. The maximum Gasteiger partial charge on any atom is 0.227 e. The Labute approximate surface area is 225 Å². The van der Waals surface area contributed by atoms with Gasteiger partial charge in [-0.25, -0.2) is 23.1 Å². The third kappa shape index (κ3) is 5.79. The average molecular weight is 540 g/mol. The van der Waals surface area contributed by atoms with Crippen LogP contribution < -0.4 is 20.3 Å².